The highest BCUT2D eigenvalue weighted by atomic mass is 16.5. The molecule has 1 fully saturated rings. The fourth-order valence-corrected chi connectivity index (χ4v) is 3.39. The summed E-state index contributed by atoms with van der Waals surface area (Å²) in [5.74, 6) is 0.652. The highest BCUT2D eigenvalue weighted by molar-refractivity contribution is 5.97. The lowest BCUT2D eigenvalue weighted by molar-refractivity contribution is -0.122. The Labute approximate surface area is 173 Å². The number of carbonyl (C=O) groups excluding carboxylic acids is 2. The van der Waals surface area contributed by atoms with Gasteiger partial charge in [0.1, 0.15) is 5.75 Å². The number of amides is 2. The fraction of sp³-hybridized carbons (Fsp3) is 0.417. The number of anilines is 2. The first-order valence-electron chi connectivity index (χ1n) is 10.3. The molecule has 5 heteroatoms. The normalized spacial score (nSPS) is 15.3. The first-order chi connectivity index (χ1) is 13.8. The molecule has 5 nitrogen and oxygen atoms in total. The van der Waals surface area contributed by atoms with Crippen molar-refractivity contribution in [2.24, 2.45) is 0 Å². The number of nitrogens with zero attached hydrogens (tertiary/aromatic N) is 1. The number of benzene rings is 2. The van der Waals surface area contributed by atoms with Crippen LogP contribution in [0.3, 0.4) is 0 Å². The molecule has 0 bridgehead atoms. The molecule has 29 heavy (non-hydrogen) atoms. The Balaban J connectivity index is 1.61. The Morgan fingerprint density at radius 3 is 2.28 bits per heavy atom. The number of hydrogen-bond acceptors (Lipinski definition) is 3. The van der Waals surface area contributed by atoms with Crippen LogP contribution in [0, 0.1) is 0 Å². The van der Waals surface area contributed by atoms with Gasteiger partial charge in [-0.15, -0.1) is 0 Å². The molecule has 2 aromatic carbocycles. The molecule has 0 unspecified atom stereocenters. The summed E-state index contributed by atoms with van der Waals surface area (Å²) < 4.78 is 5.92. The molecule has 0 radical (unpaired) electrons. The van der Waals surface area contributed by atoms with Crippen LogP contribution in [0.25, 0.3) is 0 Å². The quantitative estimate of drug-likeness (QED) is 0.757. The molecule has 2 aromatic rings. The van der Waals surface area contributed by atoms with Crippen LogP contribution >= 0.6 is 0 Å². The molecule has 0 aromatic heterocycles. The Kier molecular flexibility index (Phi) is 6.26. The Morgan fingerprint density at radius 2 is 1.76 bits per heavy atom. The van der Waals surface area contributed by atoms with Crippen LogP contribution < -0.4 is 15.0 Å². The van der Waals surface area contributed by atoms with Crippen molar-refractivity contribution < 1.29 is 14.3 Å². The number of carbonyl (C=O) groups is 2. The Morgan fingerprint density at radius 1 is 1.10 bits per heavy atom. The largest absolute Gasteiger partial charge is 0.481 e. The number of nitrogens with one attached hydrogen (secondary N) is 1. The summed E-state index contributed by atoms with van der Waals surface area (Å²) >= 11 is 0. The van der Waals surface area contributed by atoms with Gasteiger partial charge >= 0.3 is 0 Å². The summed E-state index contributed by atoms with van der Waals surface area (Å²) in [7, 11) is 0. The lowest BCUT2D eigenvalue weighted by atomic mass is 9.87. The summed E-state index contributed by atoms with van der Waals surface area (Å²) in [6.45, 7) is 9.17. The predicted octanol–water partition coefficient (Wildman–Crippen LogP) is 4.91. The summed E-state index contributed by atoms with van der Waals surface area (Å²) in [5, 5.41) is 2.91. The second-order valence-corrected chi connectivity index (χ2v) is 8.47. The van der Waals surface area contributed by atoms with Crippen molar-refractivity contribution in [3.63, 3.8) is 0 Å². The molecule has 154 valence electrons. The molecule has 1 N–H and O–H groups in total. The minimum absolute atomic E-state index is 0.0753. The monoisotopic (exact) mass is 394 g/mol. The van der Waals surface area contributed by atoms with Crippen molar-refractivity contribution in [3.05, 3.63) is 54.1 Å². The van der Waals surface area contributed by atoms with Crippen LogP contribution in [0.4, 0.5) is 11.4 Å². The van der Waals surface area contributed by atoms with Crippen molar-refractivity contribution >= 4 is 23.2 Å². The zero-order chi connectivity index (χ0) is 21.0. The Hall–Kier alpha value is -2.82. The van der Waals surface area contributed by atoms with Crippen LogP contribution in [0.15, 0.2) is 48.5 Å². The van der Waals surface area contributed by atoms with Gasteiger partial charge in [0, 0.05) is 24.3 Å². The number of hydrogen-bond donors (Lipinski definition) is 1. The van der Waals surface area contributed by atoms with Crippen LogP contribution in [0.1, 0.15) is 52.5 Å². The van der Waals surface area contributed by atoms with Gasteiger partial charge in [-0.2, -0.15) is 0 Å². The van der Waals surface area contributed by atoms with E-state index >= 15 is 0 Å². The molecular formula is C24H30N2O3. The third kappa shape index (κ3) is 5.17. The fourth-order valence-electron chi connectivity index (χ4n) is 3.39. The molecule has 1 saturated heterocycles. The van der Waals surface area contributed by atoms with Crippen molar-refractivity contribution in [1.82, 2.24) is 0 Å². The van der Waals surface area contributed by atoms with E-state index in [-0.39, 0.29) is 17.2 Å². The summed E-state index contributed by atoms with van der Waals surface area (Å²) in [6.07, 6.45) is 1.48. The van der Waals surface area contributed by atoms with E-state index in [1.54, 1.807) is 4.90 Å². The topological polar surface area (TPSA) is 58.6 Å². The van der Waals surface area contributed by atoms with E-state index in [2.05, 4.69) is 26.1 Å². The van der Waals surface area contributed by atoms with E-state index in [4.69, 9.17) is 4.74 Å². The molecule has 0 aliphatic carbocycles. The molecule has 0 saturated carbocycles. The first kappa shape index (κ1) is 20.9. The maximum absolute atomic E-state index is 12.7. The van der Waals surface area contributed by atoms with Crippen molar-refractivity contribution in [1.29, 1.82) is 0 Å². The number of rotatable bonds is 6. The van der Waals surface area contributed by atoms with Crippen molar-refractivity contribution in [3.8, 4) is 5.75 Å². The Bertz CT molecular complexity index is 851. The highest BCUT2D eigenvalue weighted by Crippen LogP contribution is 2.26. The van der Waals surface area contributed by atoms with E-state index in [1.165, 1.54) is 5.56 Å². The highest BCUT2D eigenvalue weighted by Gasteiger charge is 2.22. The minimum Gasteiger partial charge on any atom is -0.481 e. The van der Waals surface area contributed by atoms with Gasteiger partial charge in [-0.05, 0) is 60.2 Å². The lowest BCUT2D eigenvalue weighted by Gasteiger charge is -2.21. The van der Waals surface area contributed by atoms with E-state index in [1.807, 2.05) is 55.5 Å². The minimum atomic E-state index is -0.574. The van der Waals surface area contributed by atoms with Gasteiger partial charge < -0.3 is 15.0 Å². The van der Waals surface area contributed by atoms with Gasteiger partial charge in [0.25, 0.3) is 5.91 Å². The molecule has 1 aliphatic rings. The van der Waals surface area contributed by atoms with Crippen LogP contribution in [-0.4, -0.2) is 24.5 Å². The standard InChI is InChI=1S/C24H30N2O3/c1-5-21(29-20-14-8-17(9-15-20)24(2,3)4)23(28)25-18-10-12-19(13-11-18)26-16-6-7-22(26)27/h8-15,21H,5-7,16H2,1-4H3,(H,25,28)/t21-/m0/s1. The van der Waals surface area contributed by atoms with Gasteiger partial charge in [0.15, 0.2) is 6.10 Å². The molecule has 1 heterocycles. The lowest BCUT2D eigenvalue weighted by Crippen LogP contribution is -2.32. The summed E-state index contributed by atoms with van der Waals surface area (Å²) in [5.41, 5.74) is 2.86. The number of ether oxygens (including phenoxy) is 1. The second kappa shape index (κ2) is 8.68. The molecular weight excluding hydrogens is 364 g/mol. The van der Waals surface area contributed by atoms with E-state index < -0.39 is 6.10 Å². The SMILES string of the molecule is CC[C@H](Oc1ccc(C(C)(C)C)cc1)C(=O)Nc1ccc(N2CCCC2=O)cc1. The molecule has 2 amide bonds. The molecule has 3 rings (SSSR count). The smallest absolute Gasteiger partial charge is 0.265 e. The maximum atomic E-state index is 12.7. The van der Waals surface area contributed by atoms with Crippen LogP contribution in [0.2, 0.25) is 0 Å². The van der Waals surface area contributed by atoms with Gasteiger partial charge in [0.2, 0.25) is 5.91 Å². The van der Waals surface area contributed by atoms with E-state index in [0.29, 0.717) is 24.3 Å². The zero-order valence-corrected chi connectivity index (χ0v) is 17.7. The summed E-state index contributed by atoms with van der Waals surface area (Å²) in [4.78, 5) is 26.3. The predicted molar refractivity (Wildman–Crippen MR) is 117 cm³/mol. The van der Waals surface area contributed by atoms with Gasteiger partial charge in [-0.25, -0.2) is 0 Å². The van der Waals surface area contributed by atoms with Crippen molar-refractivity contribution in [2.75, 3.05) is 16.8 Å². The third-order valence-corrected chi connectivity index (χ3v) is 5.18. The van der Waals surface area contributed by atoms with Gasteiger partial charge in [0.05, 0.1) is 0 Å². The average molecular weight is 395 g/mol. The zero-order valence-electron chi connectivity index (χ0n) is 17.7. The maximum Gasteiger partial charge on any atom is 0.265 e. The first-order valence-corrected chi connectivity index (χ1v) is 10.3. The molecule has 1 aliphatic heterocycles. The third-order valence-electron chi connectivity index (χ3n) is 5.18. The van der Waals surface area contributed by atoms with Gasteiger partial charge in [-0.1, -0.05) is 39.8 Å². The van der Waals surface area contributed by atoms with E-state index in [9.17, 15) is 9.59 Å². The van der Waals surface area contributed by atoms with Crippen LogP contribution in [-0.2, 0) is 15.0 Å². The molecule has 1 atom stereocenters. The van der Waals surface area contributed by atoms with Gasteiger partial charge in [-0.3, -0.25) is 9.59 Å². The van der Waals surface area contributed by atoms with Crippen molar-refractivity contribution in [2.45, 2.75) is 58.5 Å². The average Bonchev–Trinajstić information content (AvgIpc) is 3.12. The second-order valence-electron chi connectivity index (χ2n) is 8.47. The van der Waals surface area contributed by atoms with Crippen LogP contribution in [0.5, 0.6) is 5.75 Å². The summed E-state index contributed by atoms with van der Waals surface area (Å²) in [6, 6.07) is 15.3. The van der Waals surface area contributed by atoms with E-state index in [0.717, 1.165) is 18.7 Å². The molecule has 0 spiro atoms.